The first-order valence-corrected chi connectivity index (χ1v) is 3.38. The van der Waals surface area contributed by atoms with E-state index < -0.39 is 5.91 Å². The summed E-state index contributed by atoms with van der Waals surface area (Å²) in [6.45, 7) is 2.94. The first-order valence-electron chi connectivity index (χ1n) is 3.38. The molecule has 0 unspecified atom stereocenters. The first-order chi connectivity index (χ1) is 5.06. The normalized spacial score (nSPS) is 8.91. The highest BCUT2D eigenvalue weighted by atomic mass is 16.2. The molecule has 1 N–H and O–H groups in total. The molecule has 0 rings (SSSR count). The third kappa shape index (κ3) is 5.26. The van der Waals surface area contributed by atoms with Crippen molar-refractivity contribution >= 4 is 17.6 Å². The number of carbonyl (C=O) groups is 3. The predicted octanol–water partition coefficient (Wildman–Crippen LogP) is 0.0183. The summed E-state index contributed by atoms with van der Waals surface area (Å²) in [5.74, 6) is -1.12. The average Bonchev–Trinajstić information content (AvgIpc) is 1.85. The van der Waals surface area contributed by atoms with Crippen molar-refractivity contribution in [2.24, 2.45) is 0 Å². The molecule has 0 saturated carbocycles. The Morgan fingerprint density at radius 3 is 2.09 bits per heavy atom. The number of Topliss-reactive ketones (excluding diaryl/α,β-unsaturated/α-hetero) is 1. The molecule has 0 spiro atoms. The Labute approximate surface area is 65.0 Å². The number of hydrogen-bond donors (Lipinski definition) is 1. The summed E-state index contributed by atoms with van der Waals surface area (Å²) in [7, 11) is 0. The number of nitrogens with one attached hydrogen (secondary N) is 1. The standard InChI is InChI=1S/C7H11NO3/c1-3-6(10)8-7(11)4-5(2)9/h3-4H2,1-2H3,(H,8,10,11). The molecule has 2 amide bonds. The molecule has 0 atom stereocenters. The molecule has 11 heavy (non-hydrogen) atoms. The summed E-state index contributed by atoms with van der Waals surface area (Å²) in [5, 5.41) is 2.06. The zero-order valence-corrected chi connectivity index (χ0v) is 6.64. The third-order valence-corrected chi connectivity index (χ3v) is 1.01. The Morgan fingerprint density at radius 1 is 1.18 bits per heavy atom. The fourth-order valence-corrected chi connectivity index (χ4v) is 0.514. The fraction of sp³-hybridized carbons (Fsp3) is 0.571. The molecule has 0 bridgehead atoms. The molecule has 0 aliphatic carbocycles. The van der Waals surface area contributed by atoms with Crippen molar-refractivity contribution in [3.05, 3.63) is 0 Å². The summed E-state index contributed by atoms with van der Waals surface area (Å²) in [4.78, 5) is 31.6. The van der Waals surface area contributed by atoms with E-state index in [1.54, 1.807) is 6.92 Å². The molecule has 0 aromatic carbocycles. The van der Waals surface area contributed by atoms with Crippen LogP contribution in [0, 0.1) is 0 Å². The molecule has 4 nitrogen and oxygen atoms in total. The van der Waals surface area contributed by atoms with E-state index in [2.05, 4.69) is 5.32 Å². The minimum atomic E-state index is -0.524. The molecule has 0 aliphatic rings. The lowest BCUT2D eigenvalue weighted by Gasteiger charge is -1.98. The monoisotopic (exact) mass is 157 g/mol. The van der Waals surface area contributed by atoms with Gasteiger partial charge in [-0.15, -0.1) is 0 Å². The van der Waals surface area contributed by atoms with Gasteiger partial charge in [0.05, 0.1) is 6.42 Å². The van der Waals surface area contributed by atoms with Gasteiger partial charge in [0.2, 0.25) is 11.8 Å². The van der Waals surface area contributed by atoms with Gasteiger partial charge in [-0.1, -0.05) is 6.92 Å². The highest BCUT2D eigenvalue weighted by Crippen LogP contribution is 1.82. The largest absolute Gasteiger partial charge is 0.299 e. The van der Waals surface area contributed by atoms with Gasteiger partial charge in [-0.2, -0.15) is 0 Å². The van der Waals surface area contributed by atoms with E-state index in [1.165, 1.54) is 6.92 Å². The Hall–Kier alpha value is -1.19. The van der Waals surface area contributed by atoms with Gasteiger partial charge in [0.1, 0.15) is 5.78 Å². The van der Waals surface area contributed by atoms with Crippen molar-refractivity contribution in [3.63, 3.8) is 0 Å². The van der Waals surface area contributed by atoms with Crippen LogP contribution in [0.2, 0.25) is 0 Å². The Bertz CT molecular complexity index is 186. The van der Waals surface area contributed by atoms with Crippen molar-refractivity contribution in [2.45, 2.75) is 26.7 Å². The van der Waals surface area contributed by atoms with Crippen LogP contribution in [0.25, 0.3) is 0 Å². The van der Waals surface area contributed by atoms with Gasteiger partial charge in [0.25, 0.3) is 0 Å². The Balaban J connectivity index is 3.70. The van der Waals surface area contributed by atoms with Crippen LogP contribution in [0.15, 0.2) is 0 Å². The fourth-order valence-electron chi connectivity index (χ4n) is 0.514. The van der Waals surface area contributed by atoms with Gasteiger partial charge in [0.15, 0.2) is 0 Å². The summed E-state index contributed by atoms with van der Waals surface area (Å²) in [6.07, 6.45) is 0.0371. The van der Waals surface area contributed by atoms with Crippen molar-refractivity contribution in [3.8, 4) is 0 Å². The highest BCUT2D eigenvalue weighted by molar-refractivity contribution is 6.03. The van der Waals surface area contributed by atoms with Crippen LogP contribution in [-0.4, -0.2) is 17.6 Å². The summed E-state index contributed by atoms with van der Waals surface area (Å²) >= 11 is 0. The number of imide groups is 1. The predicted molar refractivity (Wildman–Crippen MR) is 38.7 cm³/mol. The summed E-state index contributed by atoms with van der Waals surface area (Å²) < 4.78 is 0. The molecule has 4 heteroatoms. The third-order valence-electron chi connectivity index (χ3n) is 1.01. The van der Waals surface area contributed by atoms with E-state index in [1.807, 2.05) is 0 Å². The minimum Gasteiger partial charge on any atom is -0.299 e. The maximum absolute atomic E-state index is 10.7. The van der Waals surface area contributed by atoms with Crippen molar-refractivity contribution < 1.29 is 14.4 Å². The van der Waals surface area contributed by atoms with Crippen molar-refractivity contribution in [1.29, 1.82) is 0 Å². The van der Waals surface area contributed by atoms with Gasteiger partial charge >= 0.3 is 0 Å². The van der Waals surface area contributed by atoms with Gasteiger partial charge in [-0.05, 0) is 6.92 Å². The maximum Gasteiger partial charge on any atom is 0.233 e. The lowest BCUT2D eigenvalue weighted by Crippen LogP contribution is -2.30. The maximum atomic E-state index is 10.7. The van der Waals surface area contributed by atoms with Crippen LogP contribution in [0.3, 0.4) is 0 Å². The van der Waals surface area contributed by atoms with Crippen molar-refractivity contribution in [1.82, 2.24) is 5.32 Å². The molecule has 0 radical (unpaired) electrons. The number of rotatable bonds is 3. The number of carbonyl (C=O) groups excluding carboxylic acids is 3. The van der Waals surface area contributed by atoms with Gasteiger partial charge in [-0.25, -0.2) is 0 Å². The molecule has 62 valence electrons. The molecular weight excluding hydrogens is 146 g/mol. The zero-order valence-electron chi connectivity index (χ0n) is 6.64. The second-order valence-electron chi connectivity index (χ2n) is 2.20. The highest BCUT2D eigenvalue weighted by Gasteiger charge is 2.07. The van der Waals surface area contributed by atoms with Crippen LogP contribution in [0.5, 0.6) is 0 Å². The first kappa shape index (κ1) is 9.81. The summed E-state index contributed by atoms with van der Waals surface area (Å²) in [6, 6.07) is 0. The molecule has 0 aromatic heterocycles. The smallest absolute Gasteiger partial charge is 0.233 e. The Kier molecular flexibility index (Phi) is 4.10. The van der Waals surface area contributed by atoms with E-state index in [0.29, 0.717) is 0 Å². The minimum absolute atomic E-state index is 0.217. The lowest BCUT2D eigenvalue weighted by atomic mass is 10.3. The van der Waals surface area contributed by atoms with E-state index >= 15 is 0 Å². The van der Waals surface area contributed by atoms with Crippen LogP contribution in [-0.2, 0) is 14.4 Å². The zero-order chi connectivity index (χ0) is 8.85. The quantitative estimate of drug-likeness (QED) is 0.587. The summed E-state index contributed by atoms with van der Waals surface area (Å²) in [5.41, 5.74) is 0. The second kappa shape index (κ2) is 4.60. The van der Waals surface area contributed by atoms with E-state index in [-0.39, 0.29) is 24.5 Å². The van der Waals surface area contributed by atoms with Crippen LogP contribution < -0.4 is 5.32 Å². The van der Waals surface area contributed by atoms with E-state index in [4.69, 9.17) is 0 Å². The number of amides is 2. The van der Waals surface area contributed by atoms with Crippen LogP contribution >= 0.6 is 0 Å². The molecular formula is C7H11NO3. The van der Waals surface area contributed by atoms with Crippen molar-refractivity contribution in [2.75, 3.05) is 0 Å². The molecule has 0 aromatic rings. The number of hydrogen-bond acceptors (Lipinski definition) is 3. The second-order valence-corrected chi connectivity index (χ2v) is 2.20. The lowest BCUT2D eigenvalue weighted by molar-refractivity contribution is -0.132. The molecule has 0 aliphatic heterocycles. The van der Waals surface area contributed by atoms with Gasteiger partial charge in [-0.3, -0.25) is 19.7 Å². The van der Waals surface area contributed by atoms with Crippen LogP contribution in [0.1, 0.15) is 26.7 Å². The van der Waals surface area contributed by atoms with Crippen LogP contribution in [0.4, 0.5) is 0 Å². The Morgan fingerprint density at radius 2 is 1.73 bits per heavy atom. The van der Waals surface area contributed by atoms with E-state index in [0.717, 1.165) is 0 Å². The van der Waals surface area contributed by atoms with E-state index in [9.17, 15) is 14.4 Å². The molecule has 0 fully saturated rings. The van der Waals surface area contributed by atoms with Gasteiger partial charge in [0, 0.05) is 6.42 Å². The average molecular weight is 157 g/mol. The van der Waals surface area contributed by atoms with Gasteiger partial charge < -0.3 is 0 Å². The number of ketones is 1. The molecule has 0 heterocycles. The topological polar surface area (TPSA) is 63.2 Å². The molecule has 0 saturated heterocycles. The SMILES string of the molecule is CCC(=O)NC(=O)CC(C)=O.